The van der Waals surface area contributed by atoms with Gasteiger partial charge in [0.25, 0.3) is 0 Å². The third kappa shape index (κ3) is 4.63. The van der Waals surface area contributed by atoms with E-state index >= 15 is 0 Å². The van der Waals surface area contributed by atoms with Gasteiger partial charge in [0.15, 0.2) is 14.1 Å². The fourth-order valence-electron chi connectivity index (χ4n) is 2.00. The van der Waals surface area contributed by atoms with E-state index in [1.165, 1.54) is 6.08 Å². The predicted octanol–water partition coefficient (Wildman–Crippen LogP) is 3.47. The smallest absolute Gasteiger partial charge is 0.191 e. The predicted molar refractivity (Wildman–Crippen MR) is 87.8 cm³/mol. The van der Waals surface area contributed by atoms with Gasteiger partial charge in [0, 0.05) is 6.61 Å². The molecule has 0 aromatic heterocycles. The fraction of sp³-hybridized carbons (Fsp3) is 0.875. The first-order valence-corrected chi connectivity index (χ1v) is 10.6. The van der Waals surface area contributed by atoms with Gasteiger partial charge in [-0.05, 0) is 38.4 Å². The van der Waals surface area contributed by atoms with Crippen molar-refractivity contribution in [2.75, 3.05) is 13.2 Å². The minimum Gasteiger partial charge on any atom is -0.417 e. The Kier molecular flexibility index (Phi) is 5.50. The summed E-state index contributed by atoms with van der Waals surface area (Å²) in [7, 11) is -1.78. The van der Waals surface area contributed by atoms with Crippen LogP contribution in [0.15, 0.2) is 12.7 Å². The topological polar surface area (TPSA) is 47.9 Å². The molecule has 0 saturated carbocycles. The molecule has 1 fully saturated rings. The highest BCUT2D eigenvalue weighted by atomic mass is 28.4. The first-order valence-electron chi connectivity index (χ1n) is 7.65. The van der Waals surface area contributed by atoms with Crippen LogP contribution in [0.4, 0.5) is 0 Å². The third-order valence-electron chi connectivity index (χ3n) is 4.64. The van der Waals surface area contributed by atoms with Crippen LogP contribution < -0.4 is 0 Å². The third-order valence-corrected chi connectivity index (χ3v) is 9.18. The summed E-state index contributed by atoms with van der Waals surface area (Å²) < 4.78 is 17.6. The van der Waals surface area contributed by atoms with Gasteiger partial charge in [0.05, 0.1) is 12.7 Å². The highest BCUT2D eigenvalue weighted by Crippen LogP contribution is 2.37. The van der Waals surface area contributed by atoms with Crippen molar-refractivity contribution in [1.29, 1.82) is 0 Å². The van der Waals surface area contributed by atoms with Crippen LogP contribution in [-0.4, -0.2) is 44.1 Å². The summed E-state index contributed by atoms with van der Waals surface area (Å²) in [4.78, 5) is 0. The number of rotatable bonds is 5. The zero-order valence-electron chi connectivity index (χ0n) is 14.7. The van der Waals surface area contributed by atoms with Crippen LogP contribution in [0.25, 0.3) is 0 Å². The van der Waals surface area contributed by atoms with Crippen molar-refractivity contribution in [2.24, 2.45) is 0 Å². The van der Waals surface area contributed by atoms with Crippen LogP contribution in [0.3, 0.4) is 0 Å². The van der Waals surface area contributed by atoms with Crippen molar-refractivity contribution in [3.05, 3.63) is 12.7 Å². The molecule has 124 valence electrons. The van der Waals surface area contributed by atoms with Gasteiger partial charge in [-0.1, -0.05) is 26.8 Å². The van der Waals surface area contributed by atoms with E-state index in [9.17, 15) is 5.11 Å². The molecule has 0 radical (unpaired) electrons. The Morgan fingerprint density at radius 2 is 1.95 bits per heavy atom. The van der Waals surface area contributed by atoms with E-state index in [-0.39, 0.29) is 17.7 Å². The van der Waals surface area contributed by atoms with E-state index in [4.69, 9.17) is 13.9 Å². The van der Waals surface area contributed by atoms with Crippen molar-refractivity contribution in [1.82, 2.24) is 0 Å². The molecular formula is C16H32O4Si. The molecule has 4 nitrogen and oxygen atoms in total. The van der Waals surface area contributed by atoms with Crippen LogP contribution in [0.1, 0.15) is 41.0 Å². The molecule has 1 N–H and O–H groups in total. The molecule has 1 aliphatic heterocycles. The molecule has 0 aromatic rings. The Balaban J connectivity index is 2.65. The van der Waals surface area contributed by atoms with Gasteiger partial charge < -0.3 is 19.0 Å². The highest BCUT2D eigenvalue weighted by molar-refractivity contribution is 6.74. The Hall–Kier alpha value is -0.203. The maximum absolute atomic E-state index is 10.5. The SMILES string of the molecule is C=C[C@]1(O)COC(C)(C)O[C@@H]1CCO[Si](C)(C)C(C)(C)C. The molecule has 21 heavy (non-hydrogen) atoms. The molecular weight excluding hydrogens is 284 g/mol. The average Bonchev–Trinajstić information content (AvgIpc) is 2.32. The summed E-state index contributed by atoms with van der Waals surface area (Å²) >= 11 is 0. The molecule has 2 atom stereocenters. The normalized spacial score (nSPS) is 30.2. The minimum atomic E-state index is -1.78. The molecule has 0 aromatic carbocycles. The monoisotopic (exact) mass is 316 g/mol. The molecule has 0 spiro atoms. The molecule has 0 bridgehead atoms. The Morgan fingerprint density at radius 1 is 1.38 bits per heavy atom. The van der Waals surface area contributed by atoms with Crippen LogP contribution >= 0.6 is 0 Å². The van der Waals surface area contributed by atoms with E-state index in [1.807, 2.05) is 13.8 Å². The largest absolute Gasteiger partial charge is 0.417 e. The number of hydrogen-bond acceptors (Lipinski definition) is 4. The van der Waals surface area contributed by atoms with Gasteiger partial charge in [-0.3, -0.25) is 0 Å². The van der Waals surface area contributed by atoms with Crippen LogP contribution in [0.5, 0.6) is 0 Å². The highest BCUT2D eigenvalue weighted by Gasteiger charge is 2.45. The second-order valence-electron chi connectivity index (χ2n) is 7.89. The second kappa shape index (κ2) is 6.12. The van der Waals surface area contributed by atoms with E-state index in [0.29, 0.717) is 13.0 Å². The quantitative estimate of drug-likeness (QED) is 0.623. The van der Waals surface area contributed by atoms with Crippen molar-refractivity contribution < 1.29 is 19.0 Å². The summed E-state index contributed by atoms with van der Waals surface area (Å²) in [6, 6.07) is 0. The molecule has 1 aliphatic rings. The van der Waals surface area contributed by atoms with Crippen molar-refractivity contribution in [3.63, 3.8) is 0 Å². The van der Waals surface area contributed by atoms with Gasteiger partial charge in [0.1, 0.15) is 5.60 Å². The lowest BCUT2D eigenvalue weighted by atomic mass is 9.93. The van der Waals surface area contributed by atoms with Gasteiger partial charge >= 0.3 is 0 Å². The Labute approximate surface area is 130 Å². The maximum Gasteiger partial charge on any atom is 0.191 e. The molecule has 5 heteroatoms. The number of ether oxygens (including phenoxy) is 2. The van der Waals surface area contributed by atoms with E-state index < -0.39 is 19.7 Å². The first-order chi connectivity index (χ1) is 9.33. The van der Waals surface area contributed by atoms with Crippen molar-refractivity contribution >= 4 is 8.32 Å². The van der Waals surface area contributed by atoms with E-state index in [1.54, 1.807) is 0 Å². The number of hydrogen-bond donors (Lipinski definition) is 1. The molecule has 1 saturated heterocycles. The summed E-state index contributed by atoms with van der Waals surface area (Å²) in [6.07, 6.45) is 1.78. The lowest BCUT2D eigenvalue weighted by molar-refractivity contribution is -0.324. The van der Waals surface area contributed by atoms with Gasteiger partial charge in [-0.15, -0.1) is 6.58 Å². The summed E-state index contributed by atoms with van der Waals surface area (Å²) in [5, 5.41) is 10.7. The van der Waals surface area contributed by atoms with Crippen LogP contribution in [0.2, 0.25) is 18.1 Å². The molecule has 0 unspecified atom stereocenters. The lowest BCUT2D eigenvalue weighted by Gasteiger charge is -2.45. The zero-order chi connectivity index (χ0) is 16.5. The van der Waals surface area contributed by atoms with Crippen molar-refractivity contribution in [3.8, 4) is 0 Å². The maximum atomic E-state index is 10.5. The Morgan fingerprint density at radius 3 is 2.43 bits per heavy atom. The van der Waals surface area contributed by atoms with E-state index in [0.717, 1.165) is 0 Å². The summed E-state index contributed by atoms with van der Waals surface area (Å²) in [5.74, 6) is -0.684. The van der Waals surface area contributed by atoms with Gasteiger partial charge in [-0.2, -0.15) is 0 Å². The van der Waals surface area contributed by atoms with E-state index in [2.05, 4.69) is 40.4 Å². The molecule has 0 aliphatic carbocycles. The molecule has 1 heterocycles. The van der Waals surface area contributed by atoms with Crippen LogP contribution in [0, 0.1) is 0 Å². The first kappa shape index (κ1) is 18.8. The molecule has 1 rings (SSSR count). The lowest BCUT2D eigenvalue weighted by Crippen LogP contribution is -2.57. The number of aliphatic hydroxyl groups is 1. The van der Waals surface area contributed by atoms with Gasteiger partial charge in [0.2, 0.25) is 0 Å². The second-order valence-corrected chi connectivity index (χ2v) is 12.7. The minimum absolute atomic E-state index is 0.178. The van der Waals surface area contributed by atoms with Crippen molar-refractivity contribution in [2.45, 2.75) is 76.7 Å². The average molecular weight is 317 g/mol. The fourth-order valence-corrected chi connectivity index (χ4v) is 3.06. The van der Waals surface area contributed by atoms with Crippen LogP contribution in [-0.2, 0) is 13.9 Å². The summed E-state index contributed by atoms with van der Waals surface area (Å²) in [6.45, 7) is 19.3. The molecule has 0 amide bonds. The summed E-state index contributed by atoms with van der Waals surface area (Å²) in [5.41, 5.74) is -1.15. The zero-order valence-corrected chi connectivity index (χ0v) is 15.7. The van der Waals surface area contributed by atoms with Gasteiger partial charge in [-0.25, -0.2) is 0 Å². The Bertz CT molecular complexity index is 373. The standard InChI is InChI=1S/C16H32O4Si/c1-9-16(17)12-18-15(5,6)20-13(16)10-11-19-21(7,8)14(2,3)4/h9,13,17H,1,10-12H2,2-8H3/t13-,16+/m1/s1.